The minimum atomic E-state index is -0.570. The standard InChI is InChI=1S/C19H21N3O4S/c1-12(23)22-9-7-14-15(11-22)27-19(17(14)18(20)25)21-16(24)8-10-26-13-5-3-2-4-6-13/h2-6H,7-11H2,1H3,(H2,20,25)(H,21,24). The summed E-state index contributed by atoms with van der Waals surface area (Å²) >= 11 is 1.30. The van der Waals surface area contributed by atoms with Gasteiger partial charge in [-0.25, -0.2) is 0 Å². The number of para-hydroxylation sites is 1. The van der Waals surface area contributed by atoms with Crippen molar-refractivity contribution in [3.63, 3.8) is 0 Å². The van der Waals surface area contributed by atoms with Crippen LogP contribution in [0.3, 0.4) is 0 Å². The van der Waals surface area contributed by atoms with Crippen LogP contribution < -0.4 is 15.8 Å². The fourth-order valence-corrected chi connectivity index (χ4v) is 4.27. The summed E-state index contributed by atoms with van der Waals surface area (Å²) in [5.74, 6) is -0.146. The van der Waals surface area contributed by atoms with Crippen molar-refractivity contribution in [2.75, 3.05) is 18.5 Å². The number of rotatable bonds is 6. The average Bonchev–Trinajstić information content (AvgIpc) is 2.99. The number of fused-ring (bicyclic) bond motifs is 1. The smallest absolute Gasteiger partial charge is 0.251 e. The molecule has 3 N–H and O–H groups in total. The van der Waals surface area contributed by atoms with Gasteiger partial charge in [0.1, 0.15) is 10.8 Å². The zero-order valence-electron chi connectivity index (χ0n) is 15.0. The SMILES string of the molecule is CC(=O)N1CCc2c(sc(NC(=O)CCOc3ccccc3)c2C(N)=O)C1. The molecule has 0 atom stereocenters. The first-order chi connectivity index (χ1) is 13.0. The van der Waals surface area contributed by atoms with E-state index in [0.29, 0.717) is 35.8 Å². The van der Waals surface area contributed by atoms with Crippen LogP contribution in [0, 0.1) is 0 Å². The van der Waals surface area contributed by atoms with Gasteiger partial charge in [0.2, 0.25) is 11.8 Å². The summed E-state index contributed by atoms with van der Waals surface area (Å²) in [5.41, 5.74) is 6.73. The lowest BCUT2D eigenvalue weighted by atomic mass is 10.0. The second-order valence-corrected chi connectivity index (χ2v) is 7.33. The van der Waals surface area contributed by atoms with E-state index in [4.69, 9.17) is 10.5 Å². The molecule has 2 aromatic rings. The van der Waals surface area contributed by atoms with Gasteiger partial charge in [0, 0.05) is 18.3 Å². The summed E-state index contributed by atoms with van der Waals surface area (Å²) in [7, 11) is 0. The molecule has 0 bridgehead atoms. The molecule has 0 saturated heterocycles. The van der Waals surface area contributed by atoms with Crippen molar-refractivity contribution in [1.29, 1.82) is 0 Å². The van der Waals surface area contributed by atoms with Gasteiger partial charge in [0.05, 0.1) is 25.1 Å². The van der Waals surface area contributed by atoms with Crippen molar-refractivity contribution in [3.8, 4) is 5.75 Å². The van der Waals surface area contributed by atoms with Gasteiger partial charge in [-0.05, 0) is 24.1 Å². The van der Waals surface area contributed by atoms with Gasteiger partial charge in [-0.1, -0.05) is 18.2 Å². The number of nitrogens with two attached hydrogens (primary N) is 1. The number of carbonyl (C=O) groups is 3. The number of anilines is 1. The maximum absolute atomic E-state index is 12.3. The Morgan fingerprint density at radius 3 is 2.67 bits per heavy atom. The summed E-state index contributed by atoms with van der Waals surface area (Å²) in [5, 5.41) is 3.22. The van der Waals surface area contributed by atoms with Gasteiger partial charge in [0.25, 0.3) is 5.91 Å². The Labute approximate surface area is 161 Å². The summed E-state index contributed by atoms with van der Waals surface area (Å²) in [4.78, 5) is 38.4. The number of hydrogen-bond acceptors (Lipinski definition) is 5. The first-order valence-electron chi connectivity index (χ1n) is 8.63. The van der Waals surface area contributed by atoms with E-state index >= 15 is 0 Å². The van der Waals surface area contributed by atoms with Gasteiger partial charge in [-0.2, -0.15) is 0 Å². The Morgan fingerprint density at radius 1 is 1.26 bits per heavy atom. The molecule has 7 nitrogen and oxygen atoms in total. The van der Waals surface area contributed by atoms with Gasteiger partial charge in [-0.3, -0.25) is 14.4 Å². The Kier molecular flexibility index (Phi) is 5.75. The van der Waals surface area contributed by atoms with Crippen LogP contribution in [-0.2, 0) is 22.6 Å². The maximum Gasteiger partial charge on any atom is 0.251 e. The van der Waals surface area contributed by atoms with E-state index in [0.717, 1.165) is 10.4 Å². The fraction of sp³-hybridized carbons (Fsp3) is 0.316. The monoisotopic (exact) mass is 387 g/mol. The van der Waals surface area contributed by atoms with Gasteiger partial charge >= 0.3 is 0 Å². The third-order valence-electron chi connectivity index (χ3n) is 4.34. The van der Waals surface area contributed by atoms with Gasteiger partial charge < -0.3 is 20.7 Å². The lowest BCUT2D eigenvalue weighted by Crippen LogP contribution is -2.34. The molecule has 0 fully saturated rings. The van der Waals surface area contributed by atoms with Crippen molar-refractivity contribution in [3.05, 3.63) is 46.3 Å². The molecule has 0 aliphatic carbocycles. The highest BCUT2D eigenvalue weighted by Crippen LogP contribution is 2.37. The molecule has 0 spiro atoms. The molecule has 1 aliphatic heterocycles. The van der Waals surface area contributed by atoms with Gasteiger partial charge in [-0.15, -0.1) is 11.3 Å². The number of primary amides is 1. The number of thiophene rings is 1. The molecule has 3 amide bonds. The molecule has 1 aromatic carbocycles. The highest BCUT2D eigenvalue weighted by molar-refractivity contribution is 7.17. The van der Waals surface area contributed by atoms with E-state index in [1.54, 1.807) is 4.90 Å². The lowest BCUT2D eigenvalue weighted by Gasteiger charge is -2.25. The quantitative estimate of drug-likeness (QED) is 0.793. The largest absolute Gasteiger partial charge is 0.493 e. The molecule has 142 valence electrons. The number of benzene rings is 1. The average molecular weight is 387 g/mol. The van der Waals surface area contributed by atoms with Gasteiger partial charge in [0.15, 0.2) is 0 Å². The van der Waals surface area contributed by atoms with Crippen LogP contribution in [0.25, 0.3) is 0 Å². The minimum Gasteiger partial charge on any atom is -0.493 e. The van der Waals surface area contributed by atoms with Crippen molar-refractivity contribution < 1.29 is 19.1 Å². The molecule has 2 heterocycles. The second-order valence-electron chi connectivity index (χ2n) is 6.22. The Balaban J connectivity index is 1.66. The lowest BCUT2D eigenvalue weighted by molar-refractivity contribution is -0.129. The third kappa shape index (κ3) is 4.46. The van der Waals surface area contributed by atoms with Crippen LogP contribution >= 0.6 is 11.3 Å². The number of hydrogen-bond donors (Lipinski definition) is 2. The number of amides is 3. The summed E-state index contributed by atoms with van der Waals surface area (Å²) < 4.78 is 5.52. The zero-order valence-corrected chi connectivity index (χ0v) is 15.8. The number of carbonyl (C=O) groups excluding carboxylic acids is 3. The van der Waals surface area contributed by atoms with E-state index < -0.39 is 5.91 Å². The van der Waals surface area contributed by atoms with Crippen LogP contribution in [0.1, 0.15) is 34.1 Å². The molecule has 0 unspecified atom stereocenters. The number of nitrogens with zero attached hydrogens (tertiary/aromatic N) is 1. The first-order valence-corrected chi connectivity index (χ1v) is 9.45. The minimum absolute atomic E-state index is 0.0154. The Morgan fingerprint density at radius 2 is 2.00 bits per heavy atom. The van der Waals surface area contributed by atoms with Crippen LogP contribution in [0.5, 0.6) is 5.75 Å². The van der Waals surface area contributed by atoms with E-state index in [1.807, 2.05) is 30.3 Å². The van der Waals surface area contributed by atoms with Crippen molar-refractivity contribution in [2.24, 2.45) is 5.73 Å². The van der Waals surface area contributed by atoms with E-state index in [-0.39, 0.29) is 24.8 Å². The normalized spacial score (nSPS) is 13.0. The molecule has 1 aliphatic rings. The molecule has 27 heavy (non-hydrogen) atoms. The predicted octanol–water partition coefficient (Wildman–Crippen LogP) is 2.16. The topological polar surface area (TPSA) is 102 Å². The summed E-state index contributed by atoms with van der Waals surface area (Å²) in [6, 6.07) is 9.23. The Hall–Kier alpha value is -2.87. The molecular weight excluding hydrogens is 366 g/mol. The van der Waals surface area contributed by atoms with Crippen LogP contribution in [0.4, 0.5) is 5.00 Å². The van der Waals surface area contributed by atoms with Crippen LogP contribution in [0.15, 0.2) is 30.3 Å². The van der Waals surface area contributed by atoms with Crippen LogP contribution in [-0.4, -0.2) is 35.8 Å². The Bertz CT molecular complexity index is 863. The zero-order chi connectivity index (χ0) is 19.4. The highest BCUT2D eigenvalue weighted by atomic mass is 32.1. The molecule has 1 aromatic heterocycles. The summed E-state index contributed by atoms with van der Waals surface area (Å²) in [6.45, 7) is 2.72. The number of ether oxygens (including phenoxy) is 1. The summed E-state index contributed by atoms with van der Waals surface area (Å²) in [6.07, 6.45) is 0.700. The number of nitrogens with one attached hydrogen (secondary N) is 1. The van der Waals surface area contributed by atoms with E-state index in [2.05, 4.69) is 5.32 Å². The highest BCUT2D eigenvalue weighted by Gasteiger charge is 2.28. The first kappa shape index (κ1) is 18.9. The molecule has 0 saturated carbocycles. The molecular formula is C19H21N3O4S. The molecule has 0 radical (unpaired) electrons. The van der Waals surface area contributed by atoms with Crippen molar-refractivity contribution in [1.82, 2.24) is 4.90 Å². The van der Waals surface area contributed by atoms with E-state index in [1.165, 1.54) is 18.3 Å². The fourth-order valence-electron chi connectivity index (χ4n) is 2.99. The molecule has 3 rings (SSSR count). The third-order valence-corrected chi connectivity index (χ3v) is 5.47. The van der Waals surface area contributed by atoms with Crippen LogP contribution in [0.2, 0.25) is 0 Å². The second kappa shape index (κ2) is 8.22. The van der Waals surface area contributed by atoms with Crippen molar-refractivity contribution in [2.45, 2.75) is 26.3 Å². The van der Waals surface area contributed by atoms with E-state index in [9.17, 15) is 14.4 Å². The van der Waals surface area contributed by atoms with Crippen molar-refractivity contribution >= 4 is 34.1 Å². The molecule has 8 heteroatoms. The maximum atomic E-state index is 12.3. The predicted molar refractivity (Wildman–Crippen MR) is 103 cm³/mol.